The van der Waals surface area contributed by atoms with E-state index in [9.17, 15) is 4.39 Å². The molecule has 0 heterocycles. The van der Waals surface area contributed by atoms with Gasteiger partial charge in [-0.25, -0.2) is 4.39 Å². The number of hydrogen-bond acceptors (Lipinski definition) is 2. The van der Waals surface area contributed by atoms with Crippen LogP contribution in [-0.4, -0.2) is 19.7 Å². The molecule has 1 rings (SSSR count). The minimum atomic E-state index is -0.242. The van der Waals surface area contributed by atoms with Gasteiger partial charge in [-0.05, 0) is 38.2 Å². The smallest absolute Gasteiger partial charge is 0.123 e. The van der Waals surface area contributed by atoms with Crippen molar-refractivity contribution in [2.45, 2.75) is 13.0 Å². The molecule has 0 radical (unpaired) electrons. The molecule has 1 N–H and O–H groups in total. The van der Waals surface area contributed by atoms with Gasteiger partial charge >= 0.3 is 0 Å². The Hall–Kier alpha value is -1.09. The van der Waals surface area contributed by atoms with Crippen molar-refractivity contribution >= 4 is 0 Å². The molecular weight excluding hydrogens is 169 g/mol. The summed E-state index contributed by atoms with van der Waals surface area (Å²) in [6.45, 7) is 2.73. The Morgan fingerprint density at radius 2 is 2.00 bits per heavy atom. The topological polar surface area (TPSA) is 21.3 Å². The predicted molar refractivity (Wildman–Crippen MR) is 50.4 cm³/mol. The molecule has 2 nitrogen and oxygen atoms in total. The Balaban J connectivity index is 2.49. The first-order valence-electron chi connectivity index (χ1n) is 4.29. The molecule has 0 fully saturated rings. The summed E-state index contributed by atoms with van der Waals surface area (Å²) in [5, 5.41) is 3.00. The summed E-state index contributed by atoms with van der Waals surface area (Å²) >= 11 is 0. The molecule has 72 valence electrons. The second kappa shape index (κ2) is 4.82. The van der Waals surface area contributed by atoms with Gasteiger partial charge in [0.1, 0.15) is 17.7 Å². The monoisotopic (exact) mass is 183 g/mol. The Morgan fingerprint density at radius 1 is 1.38 bits per heavy atom. The van der Waals surface area contributed by atoms with E-state index in [1.54, 1.807) is 12.1 Å². The van der Waals surface area contributed by atoms with Crippen molar-refractivity contribution in [3.8, 4) is 5.75 Å². The van der Waals surface area contributed by atoms with Gasteiger partial charge in [-0.15, -0.1) is 0 Å². The first-order chi connectivity index (χ1) is 6.22. The first kappa shape index (κ1) is 9.99. The lowest BCUT2D eigenvalue weighted by molar-refractivity contribution is 0.220. The van der Waals surface area contributed by atoms with Crippen LogP contribution in [0.15, 0.2) is 24.3 Å². The average Bonchev–Trinajstić information content (AvgIpc) is 2.09. The Labute approximate surface area is 77.7 Å². The highest BCUT2D eigenvalue weighted by molar-refractivity contribution is 5.22. The van der Waals surface area contributed by atoms with E-state index in [0.717, 1.165) is 6.54 Å². The van der Waals surface area contributed by atoms with Crippen LogP contribution < -0.4 is 10.1 Å². The number of halogens is 1. The van der Waals surface area contributed by atoms with Crippen LogP contribution in [0.3, 0.4) is 0 Å². The number of ether oxygens (including phenoxy) is 1. The van der Waals surface area contributed by atoms with Crippen LogP contribution in [0.25, 0.3) is 0 Å². The van der Waals surface area contributed by atoms with Crippen LogP contribution in [0.5, 0.6) is 5.75 Å². The number of benzene rings is 1. The maximum absolute atomic E-state index is 12.5. The number of nitrogens with one attached hydrogen (secondary N) is 1. The SMILES string of the molecule is CNCC(C)Oc1ccc(F)cc1. The molecule has 0 spiro atoms. The van der Waals surface area contributed by atoms with E-state index < -0.39 is 0 Å². The Bertz CT molecular complexity index is 248. The minimum Gasteiger partial charge on any atom is -0.489 e. The molecule has 0 bridgehead atoms. The Kier molecular flexibility index (Phi) is 3.71. The lowest BCUT2D eigenvalue weighted by Gasteiger charge is -2.13. The van der Waals surface area contributed by atoms with Crippen molar-refractivity contribution in [2.75, 3.05) is 13.6 Å². The van der Waals surface area contributed by atoms with E-state index in [2.05, 4.69) is 5.32 Å². The number of hydrogen-bond donors (Lipinski definition) is 1. The molecule has 0 aromatic heterocycles. The molecule has 0 saturated heterocycles. The van der Waals surface area contributed by atoms with E-state index in [0.29, 0.717) is 5.75 Å². The van der Waals surface area contributed by atoms with Crippen molar-refractivity contribution in [3.05, 3.63) is 30.1 Å². The predicted octanol–water partition coefficient (Wildman–Crippen LogP) is 1.81. The van der Waals surface area contributed by atoms with Gasteiger partial charge in [-0.3, -0.25) is 0 Å². The summed E-state index contributed by atoms with van der Waals surface area (Å²) in [4.78, 5) is 0. The third-order valence-corrected chi connectivity index (χ3v) is 1.64. The van der Waals surface area contributed by atoms with Gasteiger partial charge < -0.3 is 10.1 Å². The van der Waals surface area contributed by atoms with E-state index in [1.165, 1.54) is 12.1 Å². The highest BCUT2D eigenvalue weighted by Crippen LogP contribution is 2.12. The fourth-order valence-electron chi connectivity index (χ4n) is 1.07. The third kappa shape index (κ3) is 3.42. The molecule has 0 saturated carbocycles. The lowest BCUT2D eigenvalue weighted by atomic mass is 10.3. The maximum Gasteiger partial charge on any atom is 0.123 e. The summed E-state index contributed by atoms with van der Waals surface area (Å²) in [5.41, 5.74) is 0. The van der Waals surface area contributed by atoms with Gasteiger partial charge in [-0.1, -0.05) is 0 Å². The van der Waals surface area contributed by atoms with Crippen molar-refractivity contribution in [3.63, 3.8) is 0 Å². The first-order valence-corrected chi connectivity index (χ1v) is 4.29. The lowest BCUT2D eigenvalue weighted by Crippen LogP contribution is -2.25. The molecule has 1 aromatic rings. The molecular formula is C10H14FNO. The second-order valence-corrected chi connectivity index (χ2v) is 2.94. The van der Waals surface area contributed by atoms with Gasteiger partial charge in [0.2, 0.25) is 0 Å². The van der Waals surface area contributed by atoms with Gasteiger partial charge in [0.05, 0.1) is 0 Å². The molecule has 1 atom stereocenters. The third-order valence-electron chi connectivity index (χ3n) is 1.64. The van der Waals surface area contributed by atoms with E-state index in [1.807, 2.05) is 14.0 Å². The van der Waals surface area contributed by atoms with Crippen LogP contribution in [0.4, 0.5) is 4.39 Å². The van der Waals surface area contributed by atoms with E-state index in [4.69, 9.17) is 4.74 Å². The summed E-state index contributed by atoms with van der Waals surface area (Å²) < 4.78 is 18.0. The molecule has 1 unspecified atom stereocenters. The zero-order valence-electron chi connectivity index (χ0n) is 7.88. The van der Waals surface area contributed by atoms with E-state index in [-0.39, 0.29) is 11.9 Å². The summed E-state index contributed by atoms with van der Waals surface area (Å²) in [7, 11) is 1.87. The molecule has 13 heavy (non-hydrogen) atoms. The van der Waals surface area contributed by atoms with Gasteiger partial charge in [0.15, 0.2) is 0 Å². The molecule has 0 aliphatic rings. The summed E-state index contributed by atoms with van der Waals surface area (Å²) in [6.07, 6.45) is 0.0930. The summed E-state index contributed by atoms with van der Waals surface area (Å²) in [5.74, 6) is 0.456. The zero-order chi connectivity index (χ0) is 9.68. The van der Waals surface area contributed by atoms with Crippen molar-refractivity contribution < 1.29 is 9.13 Å². The highest BCUT2D eigenvalue weighted by Gasteiger charge is 2.01. The zero-order valence-corrected chi connectivity index (χ0v) is 7.88. The van der Waals surface area contributed by atoms with E-state index >= 15 is 0 Å². The second-order valence-electron chi connectivity index (χ2n) is 2.94. The quantitative estimate of drug-likeness (QED) is 0.768. The maximum atomic E-state index is 12.5. The van der Waals surface area contributed by atoms with Crippen LogP contribution in [0.1, 0.15) is 6.92 Å². The van der Waals surface area contributed by atoms with Gasteiger partial charge in [0.25, 0.3) is 0 Å². The summed E-state index contributed by atoms with van der Waals surface area (Å²) in [6, 6.07) is 6.03. The van der Waals surface area contributed by atoms with Crippen molar-refractivity contribution in [1.29, 1.82) is 0 Å². The number of likely N-dealkylation sites (N-methyl/N-ethyl adjacent to an activating group) is 1. The van der Waals surface area contributed by atoms with Gasteiger partial charge in [-0.2, -0.15) is 0 Å². The van der Waals surface area contributed by atoms with Crippen molar-refractivity contribution in [2.24, 2.45) is 0 Å². The standard InChI is InChI=1S/C10H14FNO/c1-8(7-12-2)13-10-5-3-9(11)4-6-10/h3-6,8,12H,7H2,1-2H3. The largest absolute Gasteiger partial charge is 0.489 e. The molecule has 0 aliphatic carbocycles. The molecule has 3 heteroatoms. The van der Waals surface area contributed by atoms with Crippen molar-refractivity contribution in [1.82, 2.24) is 5.32 Å². The van der Waals surface area contributed by atoms with Crippen LogP contribution in [0, 0.1) is 5.82 Å². The number of rotatable bonds is 4. The van der Waals surface area contributed by atoms with Crippen LogP contribution >= 0.6 is 0 Å². The minimum absolute atomic E-state index is 0.0930. The average molecular weight is 183 g/mol. The molecule has 0 amide bonds. The molecule has 0 aliphatic heterocycles. The normalized spacial score (nSPS) is 12.5. The molecule has 1 aromatic carbocycles. The van der Waals surface area contributed by atoms with Crippen LogP contribution in [-0.2, 0) is 0 Å². The fourth-order valence-corrected chi connectivity index (χ4v) is 1.07. The Morgan fingerprint density at radius 3 is 2.54 bits per heavy atom. The highest BCUT2D eigenvalue weighted by atomic mass is 19.1. The van der Waals surface area contributed by atoms with Gasteiger partial charge in [0, 0.05) is 6.54 Å². The van der Waals surface area contributed by atoms with Crippen LogP contribution in [0.2, 0.25) is 0 Å². The fraction of sp³-hybridized carbons (Fsp3) is 0.400.